The zero-order valence-electron chi connectivity index (χ0n) is 18.9. The van der Waals surface area contributed by atoms with Gasteiger partial charge in [-0.2, -0.15) is 0 Å². The summed E-state index contributed by atoms with van der Waals surface area (Å²) in [6, 6.07) is 14.6. The summed E-state index contributed by atoms with van der Waals surface area (Å²) < 4.78 is 13.5. The van der Waals surface area contributed by atoms with Crippen molar-refractivity contribution in [1.82, 2.24) is 15.1 Å². The molecule has 0 unspecified atom stereocenters. The molecule has 3 aliphatic heterocycles. The van der Waals surface area contributed by atoms with E-state index in [0.29, 0.717) is 26.1 Å². The number of piperazine rings is 1. The predicted octanol–water partition coefficient (Wildman–Crippen LogP) is 2.43. The minimum atomic E-state index is -0.301. The van der Waals surface area contributed by atoms with Gasteiger partial charge in [-0.3, -0.25) is 14.5 Å². The lowest BCUT2D eigenvalue weighted by atomic mass is 9.83. The molecule has 3 aliphatic rings. The Morgan fingerprint density at radius 1 is 1.00 bits per heavy atom. The molecule has 2 fully saturated rings. The molecule has 1 N–H and O–H groups in total. The van der Waals surface area contributed by atoms with Gasteiger partial charge < -0.3 is 15.1 Å². The normalized spacial score (nSPS) is 22.6. The second-order valence-corrected chi connectivity index (χ2v) is 9.37. The van der Waals surface area contributed by atoms with Crippen LogP contribution in [0.15, 0.2) is 48.5 Å². The zero-order chi connectivity index (χ0) is 22.8. The second-order valence-electron chi connectivity index (χ2n) is 9.37. The van der Waals surface area contributed by atoms with Crippen LogP contribution < -0.4 is 10.2 Å². The molecular weight excluding hydrogens is 419 g/mol. The molecule has 5 rings (SSSR count). The van der Waals surface area contributed by atoms with Crippen molar-refractivity contribution in [3.8, 4) is 0 Å². The molecule has 0 aromatic heterocycles. The van der Waals surface area contributed by atoms with Crippen LogP contribution in [0.1, 0.15) is 24.0 Å². The van der Waals surface area contributed by atoms with Crippen LogP contribution in [0.5, 0.6) is 0 Å². The Morgan fingerprint density at radius 3 is 2.64 bits per heavy atom. The Hall–Kier alpha value is -2.93. The van der Waals surface area contributed by atoms with Gasteiger partial charge in [-0.1, -0.05) is 30.3 Å². The number of nitrogens with one attached hydrogen (secondary N) is 1. The SMILES string of the molecule is O=C(NCc1cccc(F)c1)[C@H]1Cc2ccccc2N2CCN(CC(=O)N3CCCC3)C[C@H]12. The molecule has 0 spiro atoms. The molecule has 0 radical (unpaired) electrons. The van der Waals surface area contributed by atoms with Crippen molar-refractivity contribution < 1.29 is 14.0 Å². The molecule has 2 saturated heterocycles. The van der Waals surface area contributed by atoms with E-state index in [0.717, 1.165) is 44.6 Å². The smallest absolute Gasteiger partial charge is 0.236 e. The van der Waals surface area contributed by atoms with E-state index in [4.69, 9.17) is 0 Å². The van der Waals surface area contributed by atoms with Crippen LogP contribution in [0.25, 0.3) is 0 Å². The van der Waals surface area contributed by atoms with E-state index in [1.165, 1.54) is 23.4 Å². The number of amides is 2. The fraction of sp³-hybridized carbons (Fsp3) is 0.462. The molecule has 0 bridgehead atoms. The minimum absolute atomic E-state index is 0.00698. The Kier molecular flexibility index (Phi) is 6.31. The van der Waals surface area contributed by atoms with E-state index >= 15 is 0 Å². The first-order valence-corrected chi connectivity index (χ1v) is 12.0. The number of carbonyl (C=O) groups excluding carboxylic acids is 2. The highest BCUT2D eigenvalue weighted by atomic mass is 19.1. The summed E-state index contributed by atoms with van der Waals surface area (Å²) >= 11 is 0. The predicted molar refractivity (Wildman–Crippen MR) is 125 cm³/mol. The van der Waals surface area contributed by atoms with Gasteiger partial charge in [0.15, 0.2) is 0 Å². The third kappa shape index (κ3) is 4.74. The maximum atomic E-state index is 13.5. The number of para-hydroxylation sites is 1. The number of nitrogens with zero attached hydrogens (tertiary/aromatic N) is 3. The summed E-state index contributed by atoms with van der Waals surface area (Å²) in [6.45, 7) is 4.74. The average molecular weight is 451 g/mol. The summed E-state index contributed by atoms with van der Waals surface area (Å²) in [5.74, 6) is -0.344. The first-order valence-electron chi connectivity index (χ1n) is 12.0. The van der Waals surface area contributed by atoms with Crippen LogP contribution in [-0.4, -0.2) is 66.9 Å². The number of rotatable bonds is 5. The van der Waals surface area contributed by atoms with Crippen LogP contribution in [-0.2, 0) is 22.6 Å². The first-order chi connectivity index (χ1) is 16.1. The molecule has 2 amide bonds. The molecule has 2 aromatic rings. The van der Waals surface area contributed by atoms with Crippen molar-refractivity contribution in [3.05, 3.63) is 65.5 Å². The van der Waals surface area contributed by atoms with Crippen LogP contribution in [0.2, 0.25) is 0 Å². The molecule has 2 aromatic carbocycles. The third-order valence-corrected chi connectivity index (χ3v) is 7.22. The van der Waals surface area contributed by atoms with Gasteiger partial charge in [-0.05, 0) is 48.6 Å². The molecule has 2 atom stereocenters. The van der Waals surface area contributed by atoms with Crippen molar-refractivity contribution in [2.75, 3.05) is 44.2 Å². The zero-order valence-corrected chi connectivity index (χ0v) is 18.9. The maximum absolute atomic E-state index is 13.5. The van der Waals surface area contributed by atoms with Gasteiger partial charge >= 0.3 is 0 Å². The number of likely N-dealkylation sites (tertiary alicyclic amines) is 1. The monoisotopic (exact) mass is 450 g/mol. The molecule has 174 valence electrons. The van der Waals surface area contributed by atoms with E-state index in [2.05, 4.69) is 27.2 Å². The molecule has 3 heterocycles. The quantitative estimate of drug-likeness (QED) is 0.760. The topological polar surface area (TPSA) is 55.9 Å². The number of carbonyl (C=O) groups is 2. The van der Waals surface area contributed by atoms with Crippen LogP contribution >= 0.6 is 0 Å². The summed E-state index contributed by atoms with van der Waals surface area (Å²) in [4.78, 5) is 32.6. The number of hydrogen-bond acceptors (Lipinski definition) is 4. The second kappa shape index (κ2) is 9.51. The highest BCUT2D eigenvalue weighted by Gasteiger charge is 2.41. The standard InChI is InChI=1S/C26H31FN4O2/c27-21-8-5-6-19(14-21)16-28-26(33)22-15-20-7-1-2-9-23(20)31-13-12-29(17-24(22)31)18-25(32)30-10-3-4-11-30/h1-2,5-9,14,22,24H,3-4,10-13,15-18H2,(H,28,33)/t22-,24+/m0/s1. The van der Waals surface area contributed by atoms with Crippen molar-refractivity contribution in [1.29, 1.82) is 0 Å². The summed E-state index contributed by atoms with van der Waals surface area (Å²) in [5.41, 5.74) is 3.13. The number of fused-ring (bicyclic) bond motifs is 3. The van der Waals surface area contributed by atoms with E-state index in [9.17, 15) is 14.0 Å². The third-order valence-electron chi connectivity index (χ3n) is 7.22. The molecule has 6 nitrogen and oxygen atoms in total. The summed E-state index contributed by atoms with van der Waals surface area (Å²) in [7, 11) is 0. The van der Waals surface area contributed by atoms with Crippen molar-refractivity contribution >= 4 is 17.5 Å². The van der Waals surface area contributed by atoms with Crippen molar-refractivity contribution in [2.24, 2.45) is 5.92 Å². The highest BCUT2D eigenvalue weighted by molar-refractivity contribution is 5.82. The number of anilines is 1. The van der Waals surface area contributed by atoms with Gasteiger partial charge in [0.25, 0.3) is 0 Å². The van der Waals surface area contributed by atoms with Crippen molar-refractivity contribution in [2.45, 2.75) is 31.8 Å². The average Bonchev–Trinajstić information content (AvgIpc) is 3.37. The lowest BCUT2D eigenvalue weighted by Crippen LogP contribution is -2.62. The van der Waals surface area contributed by atoms with Crippen LogP contribution in [0.3, 0.4) is 0 Å². The largest absolute Gasteiger partial charge is 0.365 e. The number of hydrogen-bond donors (Lipinski definition) is 1. The Bertz CT molecular complexity index is 1020. The molecule has 33 heavy (non-hydrogen) atoms. The van der Waals surface area contributed by atoms with Gasteiger partial charge in [0.2, 0.25) is 11.8 Å². The summed E-state index contributed by atoms with van der Waals surface area (Å²) in [6.07, 6.45) is 2.85. The minimum Gasteiger partial charge on any atom is -0.365 e. The van der Waals surface area contributed by atoms with Gasteiger partial charge in [0, 0.05) is 45.0 Å². The highest BCUT2D eigenvalue weighted by Crippen LogP contribution is 2.36. The van der Waals surface area contributed by atoms with Gasteiger partial charge in [0.1, 0.15) is 5.82 Å². The van der Waals surface area contributed by atoms with Gasteiger partial charge in [-0.15, -0.1) is 0 Å². The Morgan fingerprint density at radius 2 is 1.82 bits per heavy atom. The lowest BCUT2D eigenvalue weighted by Gasteiger charge is -2.49. The molecule has 7 heteroatoms. The fourth-order valence-electron chi connectivity index (χ4n) is 5.49. The Labute approximate surface area is 194 Å². The van der Waals surface area contributed by atoms with Crippen LogP contribution in [0, 0.1) is 11.7 Å². The molecule has 0 aliphatic carbocycles. The van der Waals surface area contributed by atoms with Gasteiger partial charge in [0.05, 0.1) is 18.5 Å². The van der Waals surface area contributed by atoms with E-state index in [1.807, 2.05) is 23.1 Å². The molecule has 0 saturated carbocycles. The van der Waals surface area contributed by atoms with E-state index < -0.39 is 0 Å². The number of halogens is 1. The fourth-order valence-corrected chi connectivity index (χ4v) is 5.49. The summed E-state index contributed by atoms with van der Waals surface area (Å²) in [5, 5.41) is 3.03. The number of benzene rings is 2. The van der Waals surface area contributed by atoms with E-state index in [1.54, 1.807) is 6.07 Å². The first kappa shape index (κ1) is 21.9. The van der Waals surface area contributed by atoms with Gasteiger partial charge in [-0.25, -0.2) is 4.39 Å². The van der Waals surface area contributed by atoms with Crippen LogP contribution in [0.4, 0.5) is 10.1 Å². The lowest BCUT2D eigenvalue weighted by molar-refractivity contribution is -0.131. The maximum Gasteiger partial charge on any atom is 0.236 e. The van der Waals surface area contributed by atoms with E-state index in [-0.39, 0.29) is 29.6 Å². The molecular formula is C26H31FN4O2. The Balaban J connectivity index is 1.31. The van der Waals surface area contributed by atoms with Crippen molar-refractivity contribution in [3.63, 3.8) is 0 Å².